The van der Waals surface area contributed by atoms with E-state index >= 15 is 0 Å². The van der Waals surface area contributed by atoms with E-state index < -0.39 is 0 Å². The average Bonchev–Trinajstić information content (AvgIpc) is 2.70. The van der Waals surface area contributed by atoms with Crippen molar-refractivity contribution in [1.29, 1.82) is 0 Å². The molecule has 3 N–H and O–H groups in total. The van der Waals surface area contributed by atoms with E-state index in [0.717, 1.165) is 39.1 Å². The van der Waals surface area contributed by atoms with Crippen LogP contribution in [-0.4, -0.2) is 31.8 Å². The summed E-state index contributed by atoms with van der Waals surface area (Å²) < 4.78 is 5.52. The van der Waals surface area contributed by atoms with Crippen LogP contribution in [-0.2, 0) is 4.74 Å². The zero-order valence-electron chi connectivity index (χ0n) is 10.8. The van der Waals surface area contributed by atoms with Crippen molar-refractivity contribution in [3.8, 4) is 11.8 Å². The maximum absolute atomic E-state index is 6.11. The van der Waals surface area contributed by atoms with Crippen molar-refractivity contribution in [2.24, 2.45) is 11.1 Å². The molecule has 1 saturated heterocycles. The zero-order chi connectivity index (χ0) is 12.2. The predicted octanol–water partition coefficient (Wildman–Crippen LogP) is 1.28. The second kappa shape index (κ2) is 5.39. The Bertz CT molecular complexity index is 312. The highest BCUT2D eigenvalue weighted by atomic mass is 16.5. The van der Waals surface area contributed by atoms with Gasteiger partial charge in [0.1, 0.15) is 0 Å². The van der Waals surface area contributed by atoms with Crippen molar-refractivity contribution < 1.29 is 4.74 Å². The highest BCUT2D eigenvalue weighted by Gasteiger charge is 2.53. The minimum Gasteiger partial charge on any atom is -0.381 e. The number of nitrogens with one attached hydrogen (secondary N) is 1. The van der Waals surface area contributed by atoms with Gasteiger partial charge in [-0.25, -0.2) is 0 Å². The van der Waals surface area contributed by atoms with Crippen LogP contribution in [0.5, 0.6) is 0 Å². The minimum atomic E-state index is 0.0978. The molecule has 1 aliphatic heterocycles. The van der Waals surface area contributed by atoms with Crippen LogP contribution >= 0.6 is 0 Å². The molecule has 0 radical (unpaired) electrons. The Morgan fingerprint density at radius 2 is 2.00 bits per heavy atom. The first-order valence-electron chi connectivity index (χ1n) is 6.71. The van der Waals surface area contributed by atoms with Crippen molar-refractivity contribution in [3.05, 3.63) is 0 Å². The normalized spacial score (nSPS) is 31.2. The Balaban J connectivity index is 2.14. The Hall–Kier alpha value is -0.560. The van der Waals surface area contributed by atoms with Gasteiger partial charge in [-0.3, -0.25) is 5.32 Å². The first kappa shape index (κ1) is 12.9. The number of ether oxygens (including phenoxy) is 1. The van der Waals surface area contributed by atoms with Gasteiger partial charge in [-0.2, -0.15) is 0 Å². The maximum atomic E-state index is 6.11. The lowest BCUT2D eigenvalue weighted by Gasteiger charge is -2.48. The average molecular weight is 236 g/mol. The van der Waals surface area contributed by atoms with Gasteiger partial charge < -0.3 is 10.5 Å². The molecule has 2 rings (SSSR count). The fourth-order valence-corrected chi connectivity index (χ4v) is 3.69. The van der Waals surface area contributed by atoms with Gasteiger partial charge in [0.15, 0.2) is 0 Å². The molecule has 2 fully saturated rings. The molecule has 1 aliphatic carbocycles. The second-order valence-corrected chi connectivity index (χ2v) is 5.31. The highest BCUT2D eigenvalue weighted by Crippen LogP contribution is 2.52. The summed E-state index contributed by atoms with van der Waals surface area (Å²) in [5.74, 6) is 6.05. The topological polar surface area (TPSA) is 47.3 Å². The van der Waals surface area contributed by atoms with E-state index in [9.17, 15) is 0 Å². The van der Waals surface area contributed by atoms with Gasteiger partial charge in [-0.1, -0.05) is 12.3 Å². The lowest BCUT2D eigenvalue weighted by molar-refractivity contribution is -0.0239. The lowest BCUT2D eigenvalue weighted by Crippen LogP contribution is -2.61. The zero-order valence-corrected chi connectivity index (χ0v) is 10.8. The molecule has 3 heteroatoms. The molecule has 0 amide bonds. The van der Waals surface area contributed by atoms with E-state index in [1.165, 1.54) is 19.3 Å². The van der Waals surface area contributed by atoms with Crippen molar-refractivity contribution in [3.63, 3.8) is 0 Å². The van der Waals surface area contributed by atoms with Crippen molar-refractivity contribution >= 4 is 0 Å². The Labute approximate surface area is 104 Å². The first-order chi connectivity index (χ1) is 8.29. The van der Waals surface area contributed by atoms with E-state index in [2.05, 4.69) is 17.2 Å². The summed E-state index contributed by atoms with van der Waals surface area (Å²) >= 11 is 0. The summed E-state index contributed by atoms with van der Waals surface area (Å²) in [6.45, 7) is 5.15. The van der Waals surface area contributed by atoms with Crippen LogP contribution in [0.4, 0.5) is 0 Å². The van der Waals surface area contributed by atoms with Gasteiger partial charge in [0.25, 0.3) is 0 Å². The third-order valence-corrected chi connectivity index (χ3v) is 4.76. The van der Waals surface area contributed by atoms with Crippen LogP contribution in [0, 0.1) is 17.3 Å². The van der Waals surface area contributed by atoms with Gasteiger partial charge >= 0.3 is 0 Å². The monoisotopic (exact) mass is 236 g/mol. The van der Waals surface area contributed by atoms with E-state index in [1.54, 1.807) is 0 Å². The predicted molar refractivity (Wildman–Crippen MR) is 69.6 cm³/mol. The third-order valence-electron chi connectivity index (χ3n) is 4.76. The summed E-state index contributed by atoms with van der Waals surface area (Å²) in [6, 6.07) is 0. The van der Waals surface area contributed by atoms with Gasteiger partial charge in [0.2, 0.25) is 0 Å². The Morgan fingerprint density at radius 1 is 1.24 bits per heavy atom. The molecule has 2 aliphatic rings. The Morgan fingerprint density at radius 3 is 2.65 bits per heavy atom. The number of nitrogens with two attached hydrogens (primary N) is 1. The fraction of sp³-hybridized carbons (Fsp3) is 0.857. The summed E-state index contributed by atoms with van der Waals surface area (Å²) in [5.41, 5.74) is 6.56. The molecule has 1 atom stereocenters. The molecule has 17 heavy (non-hydrogen) atoms. The molecule has 3 nitrogen and oxygen atoms in total. The van der Waals surface area contributed by atoms with Crippen LogP contribution in [0.15, 0.2) is 0 Å². The number of hydrogen-bond donors (Lipinski definition) is 2. The maximum Gasteiger partial charge on any atom is 0.0581 e. The van der Waals surface area contributed by atoms with E-state index in [0.29, 0.717) is 5.41 Å². The molecule has 1 spiro atoms. The van der Waals surface area contributed by atoms with E-state index in [-0.39, 0.29) is 5.54 Å². The molecule has 0 bridgehead atoms. The Kier molecular flexibility index (Phi) is 4.09. The summed E-state index contributed by atoms with van der Waals surface area (Å²) in [4.78, 5) is 0. The molecular weight excluding hydrogens is 212 g/mol. The van der Waals surface area contributed by atoms with Gasteiger partial charge in [0.05, 0.1) is 6.54 Å². The smallest absolute Gasteiger partial charge is 0.0581 e. The molecule has 0 aromatic carbocycles. The molecule has 1 saturated carbocycles. The van der Waals surface area contributed by atoms with Crippen LogP contribution in [0.3, 0.4) is 0 Å². The minimum absolute atomic E-state index is 0.0978. The second-order valence-electron chi connectivity index (χ2n) is 5.31. The molecule has 1 unspecified atom stereocenters. The standard InChI is InChI=1S/C14H24N2O/c1-2-3-9-16-14(12-15)6-4-5-13(14)7-10-17-11-8-13/h16H,4-12,15H2,1H3. The molecular formula is C14H24N2O. The lowest BCUT2D eigenvalue weighted by atomic mass is 9.66. The number of rotatable bonds is 3. The first-order valence-corrected chi connectivity index (χ1v) is 6.71. The van der Waals surface area contributed by atoms with Crippen molar-refractivity contribution in [1.82, 2.24) is 5.32 Å². The largest absolute Gasteiger partial charge is 0.381 e. The van der Waals surface area contributed by atoms with Crippen molar-refractivity contribution in [2.75, 3.05) is 26.3 Å². The third kappa shape index (κ3) is 2.22. The summed E-state index contributed by atoms with van der Waals surface area (Å²) in [6.07, 6.45) is 6.06. The van der Waals surface area contributed by atoms with Crippen LogP contribution in [0.25, 0.3) is 0 Å². The van der Waals surface area contributed by atoms with E-state index in [4.69, 9.17) is 10.5 Å². The SMILES string of the molecule is CC#CCNC1(CN)CCCC12CCOCC2. The van der Waals surface area contributed by atoms with Crippen LogP contribution in [0.2, 0.25) is 0 Å². The molecule has 96 valence electrons. The molecule has 0 aromatic rings. The fourth-order valence-electron chi connectivity index (χ4n) is 3.69. The molecule has 0 aromatic heterocycles. The van der Waals surface area contributed by atoms with Crippen LogP contribution < -0.4 is 11.1 Å². The highest BCUT2D eigenvalue weighted by molar-refractivity contribution is 5.12. The van der Waals surface area contributed by atoms with Crippen molar-refractivity contribution in [2.45, 2.75) is 44.6 Å². The number of hydrogen-bond acceptors (Lipinski definition) is 3. The molecule has 1 heterocycles. The van der Waals surface area contributed by atoms with E-state index in [1.807, 2.05) is 6.92 Å². The summed E-state index contributed by atoms with van der Waals surface area (Å²) in [5, 5.41) is 3.65. The van der Waals surface area contributed by atoms with Crippen LogP contribution in [0.1, 0.15) is 39.0 Å². The van der Waals surface area contributed by atoms with Gasteiger partial charge in [0, 0.05) is 25.3 Å². The summed E-state index contributed by atoms with van der Waals surface area (Å²) in [7, 11) is 0. The van der Waals surface area contributed by atoms with Gasteiger partial charge in [-0.05, 0) is 38.0 Å². The quantitative estimate of drug-likeness (QED) is 0.726. The van der Waals surface area contributed by atoms with Gasteiger partial charge in [-0.15, -0.1) is 5.92 Å².